The van der Waals surface area contributed by atoms with Gasteiger partial charge in [-0.2, -0.15) is 0 Å². The van der Waals surface area contributed by atoms with Crippen molar-refractivity contribution in [3.8, 4) is 22.3 Å². The average molecular weight is 589 g/mol. The van der Waals surface area contributed by atoms with Crippen LogP contribution in [0.2, 0.25) is 0 Å². The Morgan fingerprint density at radius 1 is 0.435 bits per heavy atom. The minimum Gasteiger partial charge on any atom is -0.455 e. The normalized spacial score (nSPS) is 11.5. The molecule has 0 spiro atoms. The molecule has 7 aromatic carbocycles. The molecule has 0 bridgehead atoms. The van der Waals surface area contributed by atoms with Gasteiger partial charge < -0.3 is 4.42 Å². The summed E-state index contributed by atoms with van der Waals surface area (Å²) in [4.78, 5) is 7.23. The van der Waals surface area contributed by atoms with Gasteiger partial charge in [0.15, 0.2) is 0 Å². The van der Waals surface area contributed by atoms with E-state index in [-0.39, 0.29) is 0 Å². The van der Waals surface area contributed by atoms with Crippen molar-refractivity contribution >= 4 is 60.7 Å². The van der Waals surface area contributed by atoms with Crippen LogP contribution in [0, 0.1) is 0 Å². The van der Waals surface area contributed by atoms with E-state index in [0.717, 1.165) is 66.4 Å². The molecule has 9 rings (SSSR count). The number of rotatable bonds is 5. The van der Waals surface area contributed by atoms with E-state index in [1.807, 2.05) is 30.5 Å². The first-order valence-corrected chi connectivity index (χ1v) is 15.5. The van der Waals surface area contributed by atoms with Crippen molar-refractivity contribution in [1.82, 2.24) is 4.98 Å². The Morgan fingerprint density at radius 3 is 1.80 bits per heavy atom. The Hall–Kier alpha value is -6.19. The van der Waals surface area contributed by atoms with Crippen LogP contribution in [0.15, 0.2) is 174 Å². The molecule has 0 radical (unpaired) electrons. The molecule has 0 aliphatic rings. The van der Waals surface area contributed by atoms with Crippen LogP contribution in [0.5, 0.6) is 0 Å². The second-order valence-electron chi connectivity index (χ2n) is 11.6. The SMILES string of the molecule is c1ccc(-c2ccc(N(c3ccc4c(ccc5ccc6c7ccccc7oc6c54)c3)c3ccc(-c4ccccc4)cn3)cc2)cc1. The van der Waals surface area contributed by atoms with Crippen molar-refractivity contribution in [3.05, 3.63) is 170 Å². The molecule has 0 atom stereocenters. The zero-order chi connectivity index (χ0) is 30.5. The minimum atomic E-state index is 0.854. The highest BCUT2D eigenvalue weighted by atomic mass is 16.3. The molecule has 0 saturated carbocycles. The quantitative estimate of drug-likeness (QED) is 0.187. The van der Waals surface area contributed by atoms with Gasteiger partial charge in [0.2, 0.25) is 0 Å². The fraction of sp³-hybridized carbons (Fsp3) is 0. The number of benzene rings is 7. The second-order valence-corrected chi connectivity index (χ2v) is 11.6. The monoisotopic (exact) mass is 588 g/mol. The number of para-hydroxylation sites is 1. The van der Waals surface area contributed by atoms with Crippen LogP contribution in [0.1, 0.15) is 0 Å². The third-order valence-electron chi connectivity index (χ3n) is 8.90. The maximum atomic E-state index is 6.47. The fourth-order valence-corrected chi connectivity index (χ4v) is 6.62. The molecule has 2 aromatic heterocycles. The summed E-state index contributed by atoms with van der Waals surface area (Å²) in [6.45, 7) is 0. The minimum absolute atomic E-state index is 0.854. The first-order valence-electron chi connectivity index (χ1n) is 15.5. The lowest BCUT2D eigenvalue weighted by molar-refractivity contribution is 0.673. The van der Waals surface area contributed by atoms with Crippen molar-refractivity contribution in [1.29, 1.82) is 0 Å². The smallest absolute Gasteiger partial charge is 0.143 e. The molecule has 216 valence electrons. The Bertz CT molecular complexity index is 2420. The van der Waals surface area contributed by atoms with Gasteiger partial charge in [-0.25, -0.2) is 4.98 Å². The van der Waals surface area contributed by atoms with Crippen molar-refractivity contribution in [3.63, 3.8) is 0 Å². The van der Waals surface area contributed by atoms with E-state index in [9.17, 15) is 0 Å². The lowest BCUT2D eigenvalue weighted by Gasteiger charge is -2.25. The number of hydrogen-bond donors (Lipinski definition) is 0. The van der Waals surface area contributed by atoms with E-state index in [1.54, 1.807) is 0 Å². The lowest BCUT2D eigenvalue weighted by Crippen LogP contribution is -2.11. The molecular weight excluding hydrogens is 560 g/mol. The summed E-state index contributed by atoms with van der Waals surface area (Å²) in [5, 5.41) is 6.90. The number of hydrogen-bond acceptors (Lipinski definition) is 3. The Labute approximate surface area is 266 Å². The fourth-order valence-electron chi connectivity index (χ4n) is 6.62. The summed E-state index contributed by atoms with van der Waals surface area (Å²) in [5.41, 5.74) is 8.53. The average Bonchev–Trinajstić information content (AvgIpc) is 3.52. The predicted molar refractivity (Wildman–Crippen MR) is 192 cm³/mol. The molecule has 0 unspecified atom stereocenters. The molecule has 3 nitrogen and oxygen atoms in total. The molecule has 46 heavy (non-hydrogen) atoms. The predicted octanol–water partition coefficient (Wildman–Crippen LogP) is 12.1. The summed E-state index contributed by atoms with van der Waals surface area (Å²) >= 11 is 0. The van der Waals surface area contributed by atoms with Gasteiger partial charge >= 0.3 is 0 Å². The van der Waals surface area contributed by atoms with Gasteiger partial charge in [0, 0.05) is 39.3 Å². The Morgan fingerprint density at radius 2 is 1.04 bits per heavy atom. The van der Waals surface area contributed by atoms with E-state index >= 15 is 0 Å². The van der Waals surface area contributed by atoms with Crippen LogP contribution in [0.25, 0.3) is 65.7 Å². The van der Waals surface area contributed by atoms with Crippen LogP contribution < -0.4 is 4.90 Å². The molecular formula is C43H28N2O. The van der Waals surface area contributed by atoms with Crippen LogP contribution >= 0.6 is 0 Å². The molecule has 0 aliphatic carbocycles. The number of aromatic nitrogens is 1. The summed E-state index contributed by atoms with van der Waals surface area (Å²) in [5.74, 6) is 0.854. The zero-order valence-corrected chi connectivity index (χ0v) is 25.0. The Balaban J connectivity index is 1.20. The highest BCUT2D eigenvalue weighted by Gasteiger charge is 2.17. The standard InChI is InChI=1S/C43H28N2O/c1-3-9-29(10-4-1)31-17-21-35(22-18-31)45(41-26-20-34(28-44-41)30-11-5-2-6-12-30)36-23-25-37-33(27-36)16-15-32-19-24-39-38-13-7-8-14-40(38)46-43(39)42(32)37/h1-28H. The largest absolute Gasteiger partial charge is 0.455 e. The van der Waals surface area contributed by atoms with E-state index in [1.165, 1.54) is 16.5 Å². The zero-order valence-electron chi connectivity index (χ0n) is 25.0. The lowest BCUT2D eigenvalue weighted by atomic mass is 9.98. The Kier molecular flexibility index (Phi) is 6.14. The third kappa shape index (κ3) is 4.41. The summed E-state index contributed by atoms with van der Waals surface area (Å²) in [6.07, 6.45) is 1.96. The first kappa shape index (κ1) is 26.2. The van der Waals surface area contributed by atoms with Gasteiger partial charge in [0.1, 0.15) is 17.0 Å². The van der Waals surface area contributed by atoms with Crippen LogP contribution in [0.3, 0.4) is 0 Å². The molecule has 2 heterocycles. The molecule has 0 saturated heterocycles. The number of anilines is 3. The summed E-state index contributed by atoms with van der Waals surface area (Å²) < 4.78 is 6.47. The second kappa shape index (κ2) is 10.8. The van der Waals surface area contributed by atoms with Crippen LogP contribution in [-0.4, -0.2) is 4.98 Å². The van der Waals surface area contributed by atoms with Crippen molar-refractivity contribution in [2.24, 2.45) is 0 Å². The molecule has 0 amide bonds. The number of furan rings is 1. The van der Waals surface area contributed by atoms with Gasteiger partial charge in [0.25, 0.3) is 0 Å². The number of pyridine rings is 1. The first-order chi connectivity index (χ1) is 22.8. The highest BCUT2D eigenvalue weighted by Crippen LogP contribution is 2.41. The van der Waals surface area contributed by atoms with Gasteiger partial charge in [0.05, 0.1) is 0 Å². The van der Waals surface area contributed by atoms with Gasteiger partial charge in [-0.15, -0.1) is 0 Å². The maximum absolute atomic E-state index is 6.47. The topological polar surface area (TPSA) is 29.3 Å². The van der Waals surface area contributed by atoms with Crippen molar-refractivity contribution in [2.75, 3.05) is 4.90 Å². The summed E-state index contributed by atoms with van der Waals surface area (Å²) in [6, 6.07) is 57.6. The van der Waals surface area contributed by atoms with Crippen LogP contribution in [0.4, 0.5) is 17.2 Å². The number of nitrogens with zero attached hydrogens (tertiary/aromatic N) is 2. The summed E-state index contributed by atoms with van der Waals surface area (Å²) in [7, 11) is 0. The van der Waals surface area contributed by atoms with Crippen molar-refractivity contribution in [2.45, 2.75) is 0 Å². The maximum Gasteiger partial charge on any atom is 0.143 e. The number of fused-ring (bicyclic) bond motifs is 7. The van der Waals surface area contributed by atoms with Crippen molar-refractivity contribution < 1.29 is 4.42 Å². The molecule has 0 aliphatic heterocycles. The molecule has 0 N–H and O–H groups in total. The van der Waals surface area contributed by atoms with Gasteiger partial charge in [-0.1, -0.05) is 115 Å². The van der Waals surface area contributed by atoms with E-state index in [4.69, 9.17) is 9.40 Å². The van der Waals surface area contributed by atoms with E-state index in [2.05, 4.69) is 144 Å². The molecule has 3 heteroatoms. The van der Waals surface area contributed by atoms with Gasteiger partial charge in [-0.05, 0) is 81.4 Å². The van der Waals surface area contributed by atoms with E-state index in [0.29, 0.717) is 0 Å². The highest BCUT2D eigenvalue weighted by molar-refractivity contribution is 6.23. The third-order valence-corrected chi connectivity index (χ3v) is 8.90. The van der Waals surface area contributed by atoms with E-state index < -0.39 is 0 Å². The van der Waals surface area contributed by atoms with Crippen LogP contribution in [-0.2, 0) is 0 Å². The molecule has 9 aromatic rings. The molecule has 0 fully saturated rings. The van der Waals surface area contributed by atoms with Gasteiger partial charge in [-0.3, -0.25) is 4.90 Å².